The molecule has 5 heteroatoms. The van der Waals surface area contributed by atoms with Gasteiger partial charge in [-0.3, -0.25) is 4.79 Å². The first-order valence-corrected chi connectivity index (χ1v) is 7.52. The molecular formula is C16H24N4O. The average Bonchev–Trinajstić information content (AvgIpc) is 2.89. The van der Waals surface area contributed by atoms with Gasteiger partial charge in [-0.15, -0.1) is 0 Å². The van der Waals surface area contributed by atoms with Gasteiger partial charge in [-0.05, 0) is 43.8 Å². The molecule has 1 amide bonds. The van der Waals surface area contributed by atoms with Crippen LogP contribution in [0.5, 0.6) is 0 Å². The molecule has 0 saturated heterocycles. The molecule has 2 aromatic rings. The number of aromatic amines is 1. The maximum Gasteiger partial charge on any atom is 0.267 e. The molecule has 0 atom stereocenters. The molecule has 0 unspecified atom stereocenters. The van der Waals surface area contributed by atoms with E-state index in [1.54, 1.807) is 0 Å². The summed E-state index contributed by atoms with van der Waals surface area (Å²) in [5.41, 5.74) is 7.95. The number of anilines is 1. The number of hydrogen-bond acceptors (Lipinski definition) is 3. The van der Waals surface area contributed by atoms with Crippen molar-refractivity contribution in [2.75, 3.05) is 31.9 Å². The molecule has 4 N–H and O–H groups in total. The summed E-state index contributed by atoms with van der Waals surface area (Å²) in [6.07, 6.45) is 1.13. The van der Waals surface area contributed by atoms with Gasteiger partial charge >= 0.3 is 0 Å². The van der Waals surface area contributed by atoms with Crippen molar-refractivity contribution in [1.82, 2.24) is 15.2 Å². The monoisotopic (exact) mass is 288 g/mol. The van der Waals surface area contributed by atoms with Crippen molar-refractivity contribution in [3.05, 3.63) is 30.0 Å². The van der Waals surface area contributed by atoms with Crippen LogP contribution in [0.25, 0.3) is 10.9 Å². The Morgan fingerprint density at radius 3 is 2.81 bits per heavy atom. The van der Waals surface area contributed by atoms with Crippen LogP contribution in [-0.4, -0.2) is 42.0 Å². The fourth-order valence-electron chi connectivity index (χ4n) is 2.44. The maximum atomic E-state index is 12.1. The highest BCUT2D eigenvalue weighted by Gasteiger charge is 2.09. The minimum Gasteiger partial charge on any atom is -0.399 e. The number of benzene rings is 1. The molecule has 0 aliphatic carbocycles. The van der Waals surface area contributed by atoms with E-state index in [2.05, 4.69) is 29.0 Å². The molecule has 1 heterocycles. The van der Waals surface area contributed by atoms with E-state index < -0.39 is 0 Å². The van der Waals surface area contributed by atoms with Crippen LogP contribution in [0, 0.1) is 0 Å². The quantitative estimate of drug-likeness (QED) is 0.684. The van der Waals surface area contributed by atoms with Crippen LogP contribution in [-0.2, 0) is 0 Å². The van der Waals surface area contributed by atoms with Crippen LogP contribution in [0.15, 0.2) is 24.3 Å². The van der Waals surface area contributed by atoms with Gasteiger partial charge in [-0.1, -0.05) is 13.8 Å². The van der Waals surface area contributed by atoms with Crippen LogP contribution in [0.4, 0.5) is 5.69 Å². The number of likely N-dealkylation sites (N-methyl/N-ethyl adjacent to an activating group) is 1. The highest BCUT2D eigenvalue weighted by atomic mass is 16.1. The minimum atomic E-state index is -0.0719. The summed E-state index contributed by atoms with van der Waals surface area (Å²) >= 11 is 0. The largest absolute Gasteiger partial charge is 0.399 e. The zero-order chi connectivity index (χ0) is 15.2. The van der Waals surface area contributed by atoms with Gasteiger partial charge in [-0.25, -0.2) is 0 Å². The predicted molar refractivity (Wildman–Crippen MR) is 87.4 cm³/mol. The normalized spacial score (nSPS) is 11.2. The zero-order valence-electron chi connectivity index (χ0n) is 12.8. The number of nitrogens with zero attached hydrogens (tertiary/aromatic N) is 1. The molecule has 0 aliphatic heterocycles. The first kappa shape index (κ1) is 15.4. The highest BCUT2D eigenvalue weighted by molar-refractivity contribution is 5.98. The summed E-state index contributed by atoms with van der Waals surface area (Å²) in [6.45, 7) is 7.91. The molecule has 0 fully saturated rings. The van der Waals surface area contributed by atoms with Gasteiger partial charge in [0.05, 0.1) is 0 Å². The van der Waals surface area contributed by atoms with Crippen LogP contribution in [0.2, 0.25) is 0 Å². The Morgan fingerprint density at radius 1 is 1.29 bits per heavy atom. The summed E-state index contributed by atoms with van der Waals surface area (Å²) in [4.78, 5) is 17.6. The smallest absolute Gasteiger partial charge is 0.267 e. The molecule has 2 rings (SSSR count). The minimum absolute atomic E-state index is 0.0719. The molecule has 1 aromatic carbocycles. The van der Waals surface area contributed by atoms with E-state index in [0.29, 0.717) is 17.9 Å². The van der Waals surface area contributed by atoms with Crippen molar-refractivity contribution in [3.8, 4) is 0 Å². The summed E-state index contributed by atoms with van der Waals surface area (Å²) in [5, 5.41) is 3.91. The van der Waals surface area contributed by atoms with Crippen molar-refractivity contribution < 1.29 is 4.79 Å². The number of rotatable bonds is 7. The Hall–Kier alpha value is -2.01. The molecule has 0 spiro atoms. The number of nitrogens with one attached hydrogen (secondary N) is 2. The van der Waals surface area contributed by atoms with Gasteiger partial charge in [0.1, 0.15) is 5.69 Å². The Labute approximate surface area is 125 Å². The lowest BCUT2D eigenvalue weighted by molar-refractivity contribution is 0.0944. The SMILES string of the molecule is CCCN(CC)CCNC(=O)c1cc2cc(N)ccc2[nH]1. The molecule has 5 nitrogen and oxygen atoms in total. The Balaban J connectivity index is 1.93. The molecule has 114 valence electrons. The van der Waals surface area contributed by atoms with E-state index in [4.69, 9.17) is 5.73 Å². The first-order valence-electron chi connectivity index (χ1n) is 7.52. The molecule has 0 radical (unpaired) electrons. The Kier molecular flexibility index (Phi) is 5.22. The average molecular weight is 288 g/mol. The number of carbonyl (C=O) groups excluding carboxylic acids is 1. The van der Waals surface area contributed by atoms with Crippen LogP contribution in [0.1, 0.15) is 30.8 Å². The summed E-state index contributed by atoms with van der Waals surface area (Å²) in [6, 6.07) is 7.42. The van der Waals surface area contributed by atoms with E-state index in [9.17, 15) is 4.79 Å². The third-order valence-corrected chi connectivity index (χ3v) is 3.59. The topological polar surface area (TPSA) is 74.2 Å². The van der Waals surface area contributed by atoms with Crippen molar-refractivity contribution >= 4 is 22.5 Å². The van der Waals surface area contributed by atoms with Gasteiger partial charge in [0.15, 0.2) is 0 Å². The predicted octanol–water partition coefficient (Wildman–Crippen LogP) is 2.21. The molecule has 1 aromatic heterocycles. The van der Waals surface area contributed by atoms with E-state index in [0.717, 1.165) is 37.0 Å². The van der Waals surface area contributed by atoms with Crippen molar-refractivity contribution in [2.45, 2.75) is 20.3 Å². The molecular weight excluding hydrogens is 264 g/mol. The molecule has 0 aliphatic rings. The van der Waals surface area contributed by atoms with E-state index in [1.807, 2.05) is 24.3 Å². The second kappa shape index (κ2) is 7.13. The van der Waals surface area contributed by atoms with Crippen molar-refractivity contribution in [3.63, 3.8) is 0 Å². The zero-order valence-corrected chi connectivity index (χ0v) is 12.8. The van der Waals surface area contributed by atoms with Gasteiger partial charge in [0, 0.05) is 29.7 Å². The number of hydrogen-bond donors (Lipinski definition) is 3. The number of aromatic nitrogens is 1. The third kappa shape index (κ3) is 3.98. The number of fused-ring (bicyclic) bond motifs is 1. The van der Waals surface area contributed by atoms with E-state index in [-0.39, 0.29) is 5.91 Å². The lowest BCUT2D eigenvalue weighted by Crippen LogP contribution is -2.35. The Morgan fingerprint density at radius 2 is 2.10 bits per heavy atom. The van der Waals surface area contributed by atoms with E-state index >= 15 is 0 Å². The summed E-state index contributed by atoms with van der Waals surface area (Å²) in [5.74, 6) is -0.0719. The van der Waals surface area contributed by atoms with Gasteiger partial charge < -0.3 is 20.9 Å². The number of nitrogen functional groups attached to an aromatic ring is 1. The standard InChI is InChI=1S/C16H24N4O/c1-3-8-20(4-2)9-7-18-16(21)15-11-12-10-13(17)5-6-14(12)19-15/h5-6,10-11,19H,3-4,7-9,17H2,1-2H3,(H,18,21). The van der Waals surface area contributed by atoms with Gasteiger partial charge in [0.2, 0.25) is 0 Å². The first-order chi connectivity index (χ1) is 10.1. The number of carbonyl (C=O) groups is 1. The second-order valence-corrected chi connectivity index (χ2v) is 5.22. The van der Waals surface area contributed by atoms with Gasteiger partial charge in [-0.2, -0.15) is 0 Å². The highest BCUT2D eigenvalue weighted by Crippen LogP contribution is 2.18. The Bertz CT molecular complexity index is 605. The van der Waals surface area contributed by atoms with Crippen molar-refractivity contribution in [1.29, 1.82) is 0 Å². The fourth-order valence-corrected chi connectivity index (χ4v) is 2.44. The van der Waals surface area contributed by atoms with Crippen molar-refractivity contribution in [2.24, 2.45) is 0 Å². The second-order valence-electron chi connectivity index (χ2n) is 5.22. The van der Waals surface area contributed by atoms with E-state index in [1.165, 1.54) is 0 Å². The lowest BCUT2D eigenvalue weighted by Gasteiger charge is -2.19. The van der Waals surface area contributed by atoms with Crippen LogP contribution in [0.3, 0.4) is 0 Å². The number of H-pyrrole nitrogens is 1. The fraction of sp³-hybridized carbons (Fsp3) is 0.438. The van der Waals surface area contributed by atoms with Crippen LogP contribution < -0.4 is 11.1 Å². The molecule has 21 heavy (non-hydrogen) atoms. The lowest BCUT2D eigenvalue weighted by atomic mass is 10.2. The summed E-state index contributed by atoms with van der Waals surface area (Å²) in [7, 11) is 0. The molecule has 0 saturated carbocycles. The third-order valence-electron chi connectivity index (χ3n) is 3.59. The maximum absolute atomic E-state index is 12.1. The molecule has 0 bridgehead atoms. The van der Waals surface area contributed by atoms with Gasteiger partial charge in [0.25, 0.3) is 5.91 Å². The van der Waals surface area contributed by atoms with Crippen LogP contribution >= 0.6 is 0 Å². The summed E-state index contributed by atoms with van der Waals surface area (Å²) < 4.78 is 0. The number of nitrogens with two attached hydrogens (primary N) is 1. The number of amides is 1.